The van der Waals surface area contributed by atoms with Crippen LogP contribution < -0.4 is 0 Å². The zero-order valence-corrected chi connectivity index (χ0v) is 9.10. The summed E-state index contributed by atoms with van der Waals surface area (Å²) in [5.74, 6) is 0. The minimum absolute atomic E-state index is 0. The summed E-state index contributed by atoms with van der Waals surface area (Å²) in [5, 5.41) is 0. The summed E-state index contributed by atoms with van der Waals surface area (Å²) >= 11 is 0. The third kappa shape index (κ3) is 27.4. The molecule has 0 aliphatic rings. The van der Waals surface area contributed by atoms with Gasteiger partial charge < -0.3 is 9.03 Å². The molecule has 0 spiro atoms. The van der Waals surface area contributed by atoms with Crippen molar-refractivity contribution in [3.63, 3.8) is 0 Å². The van der Waals surface area contributed by atoms with Gasteiger partial charge in [0.1, 0.15) is 0 Å². The van der Waals surface area contributed by atoms with Crippen molar-refractivity contribution in [1.82, 2.24) is 4.57 Å². The zero-order chi connectivity index (χ0) is 4.28. The van der Waals surface area contributed by atoms with Crippen LogP contribution in [0.3, 0.4) is 0 Å². The van der Waals surface area contributed by atoms with E-state index in [-0.39, 0.29) is 46.5 Å². The fourth-order valence-corrected chi connectivity index (χ4v) is 0. The number of rotatable bonds is 1. The maximum absolute atomic E-state index is 9.64. The third-order valence-electron chi connectivity index (χ3n) is 0.211. The van der Waals surface area contributed by atoms with E-state index >= 15 is 0 Å². The molecule has 0 atom stereocenters. The summed E-state index contributed by atoms with van der Waals surface area (Å²) in [7, 11) is 2.87. The van der Waals surface area contributed by atoms with Crippen molar-refractivity contribution >= 4 is 34.4 Å². The summed E-state index contributed by atoms with van der Waals surface area (Å²) in [4.78, 5) is 0. The zero-order valence-electron chi connectivity index (χ0n) is 4.75. The molecule has 0 unspecified atom stereocenters. The Morgan fingerprint density at radius 1 is 1.25 bits per heavy atom. The normalized spacial score (nSPS) is 4.25. The predicted octanol–water partition coefficient (Wildman–Crippen LogP) is 0.0861. The topological polar surface area (TPSA) is 20.3 Å². The molecule has 0 N–H and O–H groups in total. The Morgan fingerprint density at radius 2 is 1.38 bits per heavy atom. The predicted molar refractivity (Wildman–Crippen MR) is 36.0 cm³/mol. The molecule has 0 saturated heterocycles. The first-order valence-corrected chi connectivity index (χ1v) is 2.38. The Kier molecular flexibility index (Phi) is 45.0. The first-order chi connectivity index (χ1) is 2.27. The standard InChI is InChI=1S/C2H7NOSi.2ClH.Ti/c1-3(2)5-4;;;/h5H,1-2H3;2*1H;. The van der Waals surface area contributed by atoms with Gasteiger partial charge in [-0.2, -0.15) is 0 Å². The number of hydrogen-bond acceptors (Lipinski definition) is 1. The van der Waals surface area contributed by atoms with Crippen molar-refractivity contribution < 1.29 is 26.2 Å². The Morgan fingerprint density at radius 3 is 1.38 bits per heavy atom. The molecule has 50 valence electrons. The van der Waals surface area contributed by atoms with E-state index in [9.17, 15) is 4.46 Å². The van der Waals surface area contributed by atoms with Crippen molar-refractivity contribution in [1.29, 1.82) is 0 Å². The van der Waals surface area contributed by atoms with Gasteiger partial charge >= 0.3 is 9.57 Å². The van der Waals surface area contributed by atoms with Gasteiger partial charge in [0.05, 0.1) is 0 Å². The van der Waals surface area contributed by atoms with Crippen molar-refractivity contribution in [3.05, 3.63) is 0 Å². The van der Waals surface area contributed by atoms with Gasteiger partial charge in [-0.05, 0) is 14.1 Å². The van der Waals surface area contributed by atoms with Crippen LogP contribution >= 0.6 is 24.8 Å². The van der Waals surface area contributed by atoms with Gasteiger partial charge in [0, 0.05) is 21.7 Å². The summed E-state index contributed by atoms with van der Waals surface area (Å²) in [5.41, 5.74) is 0. The molecule has 0 aliphatic carbocycles. The van der Waals surface area contributed by atoms with Crippen LogP contribution in [-0.2, 0) is 26.2 Å². The molecule has 0 saturated carbocycles. The van der Waals surface area contributed by atoms with Gasteiger partial charge in [-0.15, -0.1) is 24.8 Å². The summed E-state index contributed by atoms with van der Waals surface area (Å²) in [6.07, 6.45) is 0. The van der Waals surface area contributed by atoms with Crippen LogP contribution in [0.5, 0.6) is 0 Å². The molecule has 0 aromatic rings. The van der Waals surface area contributed by atoms with E-state index in [0.717, 1.165) is 0 Å². The molecule has 0 amide bonds. The van der Waals surface area contributed by atoms with E-state index in [4.69, 9.17) is 0 Å². The second-order valence-electron chi connectivity index (χ2n) is 1.07. The van der Waals surface area contributed by atoms with E-state index < -0.39 is 9.57 Å². The average Bonchev–Trinajstić information content (AvgIpc) is 1.38. The van der Waals surface area contributed by atoms with Gasteiger partial charge in [0.2, 0.25) is 0 Å². The van der Waals surface area contributed by atoms with Gasteiger partial charge in [-0.3, -0.25) is 0 Å². The molecule has 0 fully saturated rings. The SMILES string of the molecule is CN(C)[SiH]=O.Cl.Cl.[Ti]. The monoisotopic (exact) mass is 209 g/mol. The minimum Gasteiger partial charge on any atom is -0.385 e. The molecule has 2 nitrogen and oxygen atoms in total. The maximum atomic E-state index is 9.64. The molecule has 8 heavy (non-hydrogen) atoms. The van der Waals surface area contributed by atoms with Crippen LogP contribution in [0.2, 0.25) is 0 Å². The number of halogens is 2. The van der Waals surface area contributed by atoms with Crippen LogP contribution in [0, 0.1) is 0 Å². The van der Waals surface area contributed by atoms with Crippen LogP contribution in [0.4, 0.5) is 0 Å². The molecule has 0 aromatic heterocycles. The van der Waals surface area contributed by atoms with Gasteiger partial charge in [0.15, 0.2) is 0 Å². The largest absolute Gasteiger partial charge is 0.385 e. The first-order valence-electron chi connectivity index (χ1n) is 1.39. The third-order valence-corrected chi connectivity index (χ3v) is 0.632. The van der Waals surface area contributed by atoms with E-state index in [0.29, 0.717) is 0 Å². The van der Waals surface area contributed by atoms with E-state index in [1.54, 1.807) is 18.7 Å². The van der Waals surface area contributed by atoms with Crippen LogP contribution in [0.1, 0.15) is 0 Å². The van der Waals surface area contributed by atoms with Crippen LogP contribution in [-0.4, -0.2) is 28.2 Å². The molecular weight excluding hydrogens is 201 g/mol. The molecule has 0 heterocycles. The van der Waals surface area contributed by atoms with Gasteiger partial charge in [-0.1, -0.05) is 0 Å². The number of hydrogen-bond donors (Lipinski definition) is 0. The van der Waals surface area contributed by atoms with Crippen LogP contribution in [0.25, 0.3) is 0 Å². The first kappa shape index (κ1) is 22.9. The summed E-state index contributed by atoms with van der Waals surface area (Å²) in [6, 6.07) is 0. The summed E-state index contributed by atoms with van der Waals surface area (Å²) in [6.45, 7) is 0. The fourth-order valence-electron chi connectivity index (χ4n) is 0. The molecule has 0 rings (SSSR count). The quantitative estimate of drug-likeness (QED) is 0.571. The van der Waals surface area contributed by atoms with Crippen LogP contribution in [0.15, 0.2) is 0 Å². The molecule has 0 aromatic carbocycles. The molecular formula is C2H9Cl2NOSiTi. The second kappa shape index (κ2) is 15.7. The summed E-state index contributed by atoms with van der Waals surface area (Å²) < 4.78 is 11.3. The molecule has 0 aliphatic heterocycles. The van der Waals surface area contributed by atoms with Gasteiger partial charge in [-0.25, -0.2) is 0 Å². The van der Waals surface area contributed by atoms with E-state index in [1.165, 1.54) is 0 Å². The Labute approximate surface area is 79.1 Å². The van der Waals surface area contributed by atoms with Crippen molar-refractivity contribution in [2.45, 2.75) is 0 Å². The Hall–Kier alpha value is 1.11. The maximum Gasteiger partial charge on any atom is 0.378 e. The Balaban J connectivity index is -0.0000000267. The van der Waals surface area contributed by atoms with Crippen molar-refractivity contribution in [2.24, 2.45) is 0 Å². The molecule has 0 radical (unpaired) electrons. The van der Waals surface area contributed by atoms with Gasteiger partial charge in [0.25, 0.3) is 0 Å². The smallest absolute Gasteiger partial charge is 0.378 e. The average molecular weight is 210 g/mol. The molecule has 0 bridgehead atoms. The second-order valence-corrected chi connectivity index (χ2v) is 2.31. The Bertz CT molecular complexity index is 47.0. The fraction of sp³-hybridized carbons (Fsp3) is 1.00. The van der Waals surface area contributed by atoms with E-state index in [1.807, 2.05) is 0 Å². The minimum atomic E-state index is -0.685. The molecule has 6 heteroatoms. The van der Waals surface area contributed by atoms with E-state index in [2.05, 4.69) is 0 Å². The number of nitrogens with zero attached hydrogens (tertiary/aromatic N) is 1. The van der Waals surface area contributed by atoms with Crippen molar-refractivity contribution in [2.75, 3.05) is 14.1 Å². The van der Waals surface area contributed by atoms with Crippen molar-refractivity contribution in [3.8, 4) is 0 Å².